The number of hydrogen-bond donors (Lipinski definition) is 1. The Hall–Kier alpha value is -2.88. The number of hydrogen-bond acceptors (Lipinski definition) is 6. The smallest absolute Gasteiger partial charge is 0.276 e. The van der Waals surface area contributed by atoms with E-state index in [0.29, 0.717) is 43.6 Å². The second-order valence-corrected chi connectivity index (χ2v) is 9.64. The van der Waals surface area contributed by atoms with Gasteiger partial charge in [-0.1, -0.05) is 63.6 Å². The van der Waals surface area contributed by atoms with Gasteiger partial charge in [-0.3, -0.25) is 15.1 Å². The average molecular weight is 542 g/mol. The van der Waals surface area contributed by atoms with Crippen molar-refractivity contribution in [3.8, 4) is 5.69 Å². The summed E-state index contributed by atoms with van der Waals surface area (Å²) in [4.78, 5) is 18.2. The molecular formula is C23H18BrClN6OS. The van der Waals surface area contributed by atoms with Crippen molar-refractivity contribution >= 4 is 56.1 Å². The number of rotatable bonds is 4. The predicted octanol–water partition coefficient (Wildman–Crippen LogP) is 3.66. The predicted molar refractivity (Wildman–Crippen MR) is 134 cm³/mol. The number of benzene rings is 2. The third-order valence-electron chi connectivity index (χ3n) is 5.21. The van der Waals surface area contributed by atoms with Crippen LogP contribution in [0.1, 0.15) is 17.4 Å². The third-order valence-corrected chi connectivity index (χ3v) is 6.93. The molecular weight excluding hydrogens is 524 g/mol. The average Bonchev–Trinajstić information content (AvgIpc) is 3.11. The van der Waals surface area contributed by atoms with Crippen molar-refractivity contribution in [1.82, 2.24) is 20.1 Å². The van der Waals surface area contributed by atoms with Crippen LogP contribution in [-0.2, 0) is 4.79 Å². The molecule has 1 atom stereocenters. The van der Waals surface area contributed by atoms with E-state index in [9.17, 15) is 4.79 Å². The van der Waals surface area contributed by atoms with Crippen LogP contribution in [0.15, 0.2) is 75.8 Å². The molecule has 0 fully saturated rings. The molecule has 1 amide bonds. The Morgan fingerprint density at radius 2 is 2.06 bits per heavy atom. The summed E-state index contributed by atoms with van der Waals surface area (Å²) < 4.78 is 2.52. The molecule has 7 nitrogen and oxygen atoms in total. The van der Waals surface area contributed by atoms with Crippen LogP contribution in [0, 0.1) is 6.92 Å². The van der Waals surface area contributed by atoms with Gasteiger partial charge >= 0.3 is 0 Å². The molecule has 10 heteroatoms. The molecule has 0 saturated carbocycles. The van der Waals surface area contributed by atoms with Gasteiger partial charge in [0.1, 0.15) is 10.9 Å². The number of carbonyl (C=O) groups is 1. The number of carbonyl (C=O) groups excluding carboxylic acids is 1. The number of aromatic nitrogens is 2. The maximum absolute atomic E-state index is 13.2. The summed E-state index contributed by atoms with van der Waals surface area (Å²) in [5.41, 5.74) is 2.65. The molecule has 166 valence electrons. The van der Waals surface area contributed by atoms with Crippen LogP contribution in [0.2, 0.25) is 5.15 Å². The monoisotopic (exact) mass is 540 g/mol. The Morgan fingerprint density at radius 3 is 2.82 bits per heavy atom. The van der Waals surface area contributed by atoms with Gasteiger partial charge in [0.25, 0.3) is 5.91 Å². The number of fused-ring (bicyclic) bond motifs is 2. The molecule has 1 N–H and O–H groups in total. The van der Waals surface area contributed by atoms with E-state index < -0.39 is 6.17 Å². The van der Waals surface area contributed by atoms with E-state index in [0.717, 1.165) is 10.2 Å². The fourth-order valence-electron chi connectivity index (χ4n) is 3.79. The number of halogens is 2. The van der Waals surface area contributed by atoms with Gasteiger partial charge in [0.05, 0.1) is 22.3 Å². The van der Waals surface area contributed by atoms with E-state index in [1.54, 1.807) is 15.8 Å². The van der Waals surface area contributed by atoms with Crippen LogP contribution >= 0.6 is 39.3 Å². The standard InChI is InChI=1S/C23H18BrClN6OS/c1-3-11-33-23-27-22(32)19-16-12-14(24)9-10-17(16)26-21(31(19)29-23)18-13(2)28-30(20(18)25)15-7-5-4-6-8-15/h3-10,12,21H,1,11H2,2H3,(H,27,29,32). The second kappa shape index (κ2) is 8.81. The highest BCUT2D eigenvalue weighted by atomic mass is 79.9. The highest BCUT2D eigenvalue weighted by molar-refractivity contribution is 9.10. The number of thioether (sulfide) groups is 1. The molecule has 0 bridgehead atoms. The highest BCUT2D eigenvalue weighted by Crippen LogP contribution is 2.37. The number of nitrogens with one attached hydrogen (secondary N) is 1. The molecule has 33 heavy (non-hydrogen) atoms. The number of aryl methyl sites for hydroxylation is 1. The lowest BCUT2D eigenvalue weighted by Gasteiger charge is -2.34. The highest BCUT2D eigenvalue weighted by Gasteiger charge is 2.37. The Kier molecular flexibility index (Phi) is 5.86. The molecule has 3 heterocycles. The third kappa shape index (κ3) is 3.90. The molecule has 3 aromatic rings. The van der Waals surface area contributed by atoms with Crippen molar-refractivity contribution in [2.24, 2.45) is 10.1 Å². The second-order valence-electron chi connectivity index (χ2n) is 7.35. The van der Waals surface area contributed by atoms with Crippen molar-refractivity contribution in [2.45, 2.75) is 13.1 Å². The number of hydrazone groups is 1. The summed E-state index contributed by atoms with van der Waals surface area (Å²) >= 11 is 11.8. The quantitative estimate of drug-likeness (QED) is 0.512. The minimum absolute atomic E-state index is 0.250. The van der Waals surface area contributed by atoms with E-state index in [1.165, 1.54) is 11.8 Å². The normalized spacial score (nSPS) is 17.0. The van der Waals surface area contributed by atoms with E-state index in [4.69, 9.17) is 21.7 Å². The zero-order chi connectivity index (χ0) is 23.1. The molecule has 0 aliphatic carbocycles. The van der Waals surface area contributed by atoms with Crippen molar-refractivity contribution in [3.05, 3.63) is 92.6 Å². The topological polar surface area (TPSA) is 74.9 Å². The SMILES string of the molecule is C=CCSC1=NN2C(=c3cc(Br)ccc3=NC2c2c(C)nn(-c3ccccc3)c2Cl)C(=O)N1. The van der Waals surface area contributed by atoms with Crippen LogP contribution in [0.3, 0.4) is 0 Å². The van der Waals surface area contributed by atoms with Gasteiger partial charge < -0.3 is 0 Å². The lowest BCUT2D eigenvalue weighted by atomic mass is 10.1. The molecule has 0 spiro atoms. The maximum atomic E-state index is 13.2. The summed E-state index contributed by atoms with van der Waals surface area (Å²) in [6.07, 6.45) is 1.11. The van der Waals surface area contributed by atoms with Crippen molar-refractivity contribution in [1.29, 1.82) is 0 Å². The molecule has 1 unspecified atom stereocenters. The Balaban J connectivity index is 1.73. The number of amidine groups is 1. The lowest BCUT2D eigenvalue weighted by Crippen LogP contribution is -2.50. The molecule has 0 radical (unpaired) electrons. The first-order valence-corrected chi connectivity index (χ1v) is 12.2. The fraction of sp³-hybridized carbons (Fsp3) is 0.130. The molecule has 2 aromatic carbocycles. The summed E-state index contributed by atoms with van der Waals surface area (Å²) in [5.74, 6) is 0.359. The van der Waals surface area contributed by atoms with Gasteiger partial charge in [0.2, 0.25) is 0 Å². The lowest BCUT2D eigenvalue weighted by molar-refractivity contribution is -0.116. The summed E-state index contributed by atoms with van der Waals surface area (Å²) in [6, 6.07) is 15.3. The van der Waals surface area contributed by atoms with Gasteiger partial charge in [0.15, 0.2) is 11.3 Å². The van der Waals surface area contributed by atoms with Crippen LogP contribution in [0.25, 0.3) is 11.4 Å². The van der Waals surface area contributed by atoms with E-state index in [1.807, 2.05) is 55.5 Å². The molecule has 5 rings (SSSR count). The summed E-state index contributed by atoms with van der Waals surface area (Å²) in [5, 5.41) is 16.2. The van der Waals surface area contributed by atoms with E-state index >= 15 is 0 Å². The first kappa shape index (κ1) is 21.9. The first-order chi connectivity index (χ1) is 16.0. The van der Waals surface area contributed by atoms with Gasteiger partial charge in [-0.05, 0) is 37.3 Å². The molecule has 0 saturated heterocycles. The fourth-order valence-corrected chi connectivity index (χ4v) is 5.10. The van der Waals surface area contributed by atoms with Crippen LogP contribution in [0.5, 0.6) is 0 Å². The van der Waals surface area contributed by atoms with Gasteiger partial charge in [-0.15, -0.1) is 11.7 Å². The van der Waals surface area contributed by atoms with Crippen LogP contribution in [0.4, 0.5) is 0 Å². The number of para-hydroxylation sites is 1. The number of amides is 1. The largest absolute Gasteiger partial charge is 0.298 e. The molecule has 1 aromatic heterocycles. The number of nitrogens with zero attached hydrogens (tertiary/aromatic N) is 5. The molecule has 2 aliphatic rings. The van der Waals surface area contributed by atoms with Crippen molar-refractivity contribution in [3.63, 3.8) is 0 Å². The zero-order valence-electron chi connectivity index (χ0n) is 17.5. The van der Waals surface area contributed by atoms with Crippen LogP contribution < -0.4 is 15.9 Å². The van der Waals surface area contributed by atoms with Gasteiger partial charge in [0, 0.05) is 15.4 Å². The maximum Gasteiger partial charge on any atom is 0.276 e. The summed E-state index contributed by atoms with van der Waals surface area (Å²) in [7, 11) is 0. The zero-order valence-corrected chi connectivity index (χ0v) is 20.7. The minimum atomic E-state index is -0.649. The van der Waals surface area contributed by atoms with Gasteiger partial charge in [-0.25, -0.2) is 9.69 Å². The molecule has 2 aliphatic heterocycles. The van der Waals surface area contributed by atoms with Gasteiger partial charge in [-0.2, -0.15) is 5.10 Å². The summed E-state index contributed by atoms with van der Waals surface area (Å²) in [6.45, 7) is 5.63. The van der Waals surface area contributed by atoms with E-state index in [-0.39, 0.29) is 5.91 Å². The first-order valence-electron chi connectivity index (χ1n) is 10.1. The van der Waals surface area contributed by atoms with Crippen molar-refractivity contribution < 1.29 is 4.79 Å². The Bertz CT molecular complexity index is 1440. The Morgan fingerprint density at radius 1 is 1.27 bits per heavy atom. The minimum Gasteiger partial charge on any atom is -0.298 e. The van der Waals surface area contributed by atoms with Crippen LogP contribution in [-0.4, -0.2) is 31.6 Å². The Labute approximate surface area is 207 Å². The van der Waals surface area contributed by atoms with Crippen molar-refractivity contribution in [2.75, 3.05) is 5.75 Å². The van der Waals surface area contributed by atoms with E-state index in [2.05, 4.69) is 32.9 Å².